The first kappa shape index (κ1) is 11.2. The van der Waals surface area contributed by atoms with Crippen molar-refractivity contribution in [2.24, 2.45) is 0 Å². The highest BCUT2D eigenvalue weighted by molar-refractivity contribution is 9.10. The summed E-state index contributed by atoms with van der Waals surface area (Å²) in [6, 6.07) is 7.96. The van der Waals surface area contributed by atoms with E-state index in [9.17, 15) is 4.79 Å². The van der Waals surface area contributed by atoms with Crippen LogP contribution in [-0.4, -0.2) is 5.91 Å². The Morgan fingerprint density at radius 3 is 2.71 bits per heavy atom. The van der Waals surface area contributed by atoms with Gasteiger partial charge in [-0.3, -0.25) is 4.79 Å². The van der Waals surface area contributed by atoms with Crippen molar-refractivity contribution in [1.29, 1.82) is 0 Å². The molecule has 1 aromatic rings. The normalized spacial score (nSPS) is 12.2. The van der Waals surface area contributed by atoms with Crippen molar-refractivity contribution in [3.8, 4) is 0 Å². The molecular formula is C11H14BrNO. The third-order valence-corrected chi connectivity index (χ3v) is 2.79. The van der Waals surface area contributed by atoms with Gasteiger partial charge in [-0.25, -0.2) is 0 Å². The Hall–Kier alpha value is -0.830. The summed E-state index contributed by atoms with van der Waals surface area (Å²) >= 11 is 3.46. The molecule has 1 aromatic carbocycles. The Labute approximate surface area is 92.8 Å². The maximum absolute atomic E-state index is 11.2. The second kappa shape index (κ2) is 5.15. The first-order chi connectivity index (χ1) is 6.65. The van der Waals surface area contributed by atoms with E-state index in [1.54, 1.807) is 0 Å². The van der Waals surface area contributed by atoms with Crippen LogP contribution < -0.4 is 5.32 Å². The van der Waals surface area contributed by atoms with E-state index >= 15 is 0 Å². The van der Waals surface area contributed by atoms with Crippen molar-refractivity contribution in [2.75, 3.05) is 0 Å². The SMILES string of the molecule is CCC(=O)N[C@@H](C)c1ccccc1Br. The van der Waals surface area contributed by atoms with Crippen molar-refractivity contribution in [3.05, 3.63) is 34.3 Å². The summed E-state index contributed by atoms with van der Waals surface area (Å²) in [6.45, 7) is 3.83. The average Bonchev–Trinajstić information content (AvgIpc) is 2.18. The summed E-state index contributed by atoms with van der Waals surface area (Å²) < 4.78 is 1.03. The third-order valence-electron chi connectivity index (χ3n) is 2.07. The van der Waals surface area contributed by atoms with Gasteiger partial charge in [0.25, 0.3) is 0 Å². The Morgan fingerprint density at radius 2 is 2.14 bits per heavy atom. The molecule has 0 spiro atoms. The van der Waals surface area contributed by atoms with Crippen LogP contribution in [0.4, 0.5) is 0 Å². The predicted octanol–water partition coefficient (Wildman–Crippen LogP) is 3.04. The standard InChI is InChI=1S/C11H14BrNO/c1-3-11(14)13-8(2)9-6-4-5-7-10(9)12/h4-8H,3H2,1-2H3,(H,13,14)/t8-/m0/s1. The van der Waals surface area contributed by atoms with Crippen LogP contribution in [0.3, 0.4) is 0 Å². The van der Waals surface area contributed by atoms with Crippen molar-refractivity contribution in [3.63, 3.8) is 0 Å². The van der Waals surface area contributed by atoms with Crippen molar-refractivity contribution >= 4 is 21.8 Å². The number of amides is 1. The summed E-state index contributed by atoms with van der Waals surface area (Å²) in [6.07, 6.45) is 0.523. The molecule has 3 heteroatoms. The molecule has 0 saturated heterocycles. The van der Waals surface area contributed by atoms with Gasteiger partial charge in [0.2, 0.25) is 5.91 Å². The highest BCUT2D eigenvalue weighted by Crippen LogP contribution is 2.22. The van der Waals surface area contributed by atoms with Crippen LogP contribution in [0.5, 0.6) is 0 Å². The quantitative estimate of drug-likeness (QED) is 0.884. The third kappa shape index (κ3) is 2.84. The van der Waals surface area contributed by atoms with Crippen LogP contribution in [-0.2, 0) is 4.79 Å². The molecule has 1 rings (SSSR count). The van der Waals surface area contributed by atoms with Gasteiger partial charge in [-0.2, -0.15) is 0 Å². The van der Waals surface area contributed by atoms with Gasteiger partial charge in [0, 0.05) is 10.9 Å². The van der Waals surface area contributed by atoms with E-state index in [1.807, 2.05) is 38.1 Å². The van der Waals surface area contributed by atoms with Gasteiger partial charge in [0.15, 0.2) is 0 Å². The second-order valence-corrected chi connectivity index (χ2v) is 4.02. The smallest absolute Gasteiger partial charge is 0.220 e. The number of carbonyl (C=O) groups excluding carboxylic acids is 1. The fraction of sp³-hybridized carbons (Fsp3) is 0.364. The lowest BCUT2D eigenvalue weighted by Crippen LogP contribution is -2.25. The van der Waals surface area contributed by atoms with E-state index in [0.29, 0.717) is 6.42 Å². The second-order valence-electron chi connectivity index (χ2n) is 3.16. The van der Waals surface area contributed by atoms with Crippen LogP contribution in [0, 0.1) is 0 Å². The zero-order valence-electron chi connectivity index (χ0n) is 8.38. The van der Waals surface area contributed by atoms with Gasteiger partial charge in [-0.05, 0) is 18.6 Å². The molecule has 76 valence electrons. The van der Waals surface area contributed by atoms with Gasteiger partial charge < -0.3 is 5.32 Å². The topological polar surface area (TPSA) is 29.1 Å². The molecule has 0 aliphatic heterocycles. The Balaban J connectivity index is 2.74. The Kier molecular flexibility index (Phi) is 4.14. The Morgan fingerprint density at radius 1 is 1.50 bits per heavy atom. The highest BCUT2D eigenvalue weighted by Gasteiger charge is 2.09. The molecule has 0 aliphatic carbocycles. The van der Waals surface area contributed by atoms with E-state index < -0.39 is 0 Å². The van der Waals surface area contributed by atoms with Crippen LogP contribution in [0.1, 0.15) is 31.9 Å². The molecule has 0 bridgehead atoms. The zero-order valence-corrected chi connectivity index (χ0v) is 9.97. The van der Waals surface area contributed by atoms with E-state index in [-0.39, 0.29) is 11.9 Å². The molecule has 2 nitrogen and oxygen atoms in total. The summed E-state index contributed by atoms with van der Waals surface area (Å²) in [5, 5.41) is 2.92. The average molecular weight is 256 g/mol. The van der Waals surface area contributed by atoms with Crippen molar-refractivity contribution in [1.82, 2.24) is 5.32 Å². The van der Waals surface area contributed by atoms with E-state index in [1.165, 1.54) is 0 Å². The fourth-order valence-electron chi connectivity index (χ4n) is 1.25. The number of nitrogens with one attached hydrogen (secondary N) is 1. The van der Waals surface area contributed by atoms with Crippen LogP contribution in [0.15, 0.2) is 28.7 Å². The molecular weight excluding hydrogens is 242 g/mol. The maximum atomic E-state index is 11.2. The van der Waals surface area contributed by atoms with Crippen molar-refractivity contribution in [2.45, 2.75) is 26.3 Å². The van der Waals surface area contributed by atoms with E-state index in [0.717, 1.165) is 10.0 Å². The molecule has 1 atom stereocenters. The number of rotatable bonds is 3. The van der Waals surface area contributed by atoms with Crippen LogP contribution in [0.2, 0.25) is 0 Å². The fourth-order valence-corrected chi connectivity index (χ4v) is 1.88. The number of halogens is 1. The molecule has 1 amide bonds. The minimum atomic E-state index is 0.0537. The van der Waals surface area contributed by atoms with Gasteiger partial charge in [0.05, 0.1) is 6.04 Å². The highest BCUT2D eigenvalue weighted by atomic mass is 79.9. The number of benzene rings is 1. The summed E-state index contributed by atoms with van der Waals surface area (Å²) in [5.41, 5.74) is 1.11. The maximum Gasteiger partial charge on any atom is 0.220 e. The largest absolute Gasteiger partial charge is 0.350 e. The molecule has 0 saturated carbocycles. The lowest BCUT2D eigenvalue weighted by atomic mass is 10.1. The summed E-state index contributed by atoms with van der Waals surface area (Å²) in [7, 11) is 0. The van der Waals surface area contributed by atoms with Crippen molar-refractivity contribution < 1.29 is 4.79 Å². The minimum Gasteiger partial charge on any atom is -0.350 e. The van der Waals surface area contributed by atoms with Gasteiger partial charge in [0.1, 0.15) is 0 Å². The van der Waals surface area contributed by atoms with Crippen LogP contribution >= 0.6 is 15.9 Å². The first-order valence-electron chi connectivity index (χ1n) is 4.69. The van der Waals surface area contributed by atoms with Gasteiger partial charge in [-0.1, -0.05) is 41.1 Å². The molecule has 1 N–H and O–H groups in total. The van der Waals surface area contributed by atoms with Gasteiger partial charge >= 0.3 is 0 Å². The Bertz CT molecular complexity index is 325. The summed E-state index contributed by atoms with van der Waals surface area (Å²) in [5.74, 6) is 0.0771. The number of carbonyl (C=O) groups is 1. The molecule has 0 unspecified atom stereocenters. The predicted molar refractivity (Wildman–Crippen MR) is 61.0 cm³/mol. The molecule has 0 aromatic heterocycles. The summed E-state index contributed by atoms with van der Waals surface area (Å²) in [4.78, 5) is 11.2. The van der Waals surface area contributed by atoms with E-state index in [4.69, 9.17) is 0 Å². The molecule has 0 aliphatic rings. The molecule has 14 heavy (non-hydrogen) atoms. The number of hydrogen-bond acceptors (Lipinski definition) is 1. The van der Waals surface area contributed by atoms with Gasteiger partial charge in [-0.15, -0.1) is 0 Å². The molecule has 0 heterocycles. The zero-order chi connectivity index (χ0) is 10.6. The lowest BCUT2D eigenvalue weighted by molar-refractivity contribution is -0.121. The number of hydrogen-bond donors (Lipinski definition) is 1. The van der Waals surface area contributed by atoms with E-state index in [2.05, 4.69) is 21.2 Å². The van der Waals surface area contributed by atoms with Crippen LogP contribution in [0.25, 0.3) is 0 Å². The molecule has 0 radical (unpaired) electrons. The minimum absolute atomic E-state index is 0.0537. The lowest BCUT2D eigenvalue weighted by Gasteiger charge is -2.15. The first-order valence-corrected chi connectivity index (χ1v) is 5.48. The monoisotopic (exact) mass is 255 g/mol. The molecule has 0 fully saturated rings.